The van der Waals surface area contributed by atoms with Gasteiger partial charge in [-0.15, -0.1) is 0 Å². The lowest BCUT2D eigenvalue weighted by molar-refractivity contribution is -0.132. The van der Waals surface area contributed by atoms with Crippen molar-refractivity contribution in [3.8, 4) is 11.4 Å². The van der Waals surface area contributed by atoms with Crippen LogP contribution in [-0.2, 0) is 16.0 Å². The SMILES string of the molecule is CC(=O)NCCNc1nc(-c2ccccc2)nc2[nH]c(C(=O)N3CCN(C(=O)CCc4ccc(Cl)cc4)CC3)cc12. The average molecular weight is 574 g/mol. The van der Waals surface area contributed by atoms with Crippen LogP contribution < -0.4 is 10.6 Å². The van der Waals surface area contributed by atoms with Crippen LogP contribution in [0, 0.1) is 0 Å². The van der Waals surface area contributed by atoms with Crippen LogP contribution in [-0.4, -0.2) is 81.7 Å². The number of amides is 3. The van der Waals surface area contributed by atoms with E-state index in [0.29, 0.717) is 85.5 Å². The first-order valence-electron chi connectivity index (χ1n) is 13.6. The van der Waals surface area contributed by atoms with Crippen LogP contribution in [0.4, 0.5) is 5.82 Å². The largest absolute Gasteiger partial charge is 0.368 e. The van der Waals surface area contributed by atoms with Crippen molar-refractivity contribution in [2.45, 2.75) is 19.8 Å². The molecular weight excluding hydrogens is 542 g/mol. The first-order valence-corrected chi connectivity index (χ1v) is 14.0. The third kappa shape index (κ3) is 7.01. The Bertz CT molecular complexity index is 1530. The van der Waals surface area contributed by atoms with E-state index < -0.39 is 0 Å². The lowest BCUT2D eigenvalue weighted by Gasteiger charge is -2.34. The number of piperazine rings is 1. The summed E-state index contributed by atoms with van der Waals surface area (Å²) in [6, 6.07) is 18.9. The van der Waals surface area contributed by atoms with Gasteiger partial charge in [0, 0.05) is 63.2 Å². The van der Waals surface area contributed by atoms with Gasteiger partial charge in [0.15, 0.2) is 5.82 Å². The first kappa shape index (κ1) is 28.1. The third-order valence-electron chi connectivity index (χ3n) is 7.00. The molecule has 1 saturated heterocycles. The zero-order valence-corrected chi connectivity index (χ0v) is 23.6. The van der Waals surface area contributed by atoms with Gasteiger partial charge in [-0.3, -0.25) is 14.4 Å². The Kier molecular flexibility index (Phi) is 8.79. The molecule has 11 heteroatoms. The summed E-state index contributed by atoms with van der Waals surface area (Å²) in [6.07, 6.45) is 1.06. The lowest BCUT2D eigenvalue weighted by Crippen LogP contribution is -2.50. The van der Waals surface area contributed by atoms with E-state index in [2.05, 4.69) is 20.6 Å². The smallest absolute Gasteiger partial charge is 0.270 e. The molecule has 0 atom stereocenters. The van der Waals surface area contributed by atoms with Gasteiger partial charge in [0.05, 0.1) is 5.39 Å². The molecule has 2 aromatic heterocycles. The number of aromatic nitrogens is 3. The molecule has 0 bridgehead atoms. The van der Waals surface area contributed by atoms with Gasteiger partial charge in [-0.25, -0.2) is 9.97 Å². The summed E-state index contributed by atoms with van der Waals surface area (Å²) >= 11 is 5.95. The second kappa shape index (κ2) is 12.8. The standard InChI is InChI=1S/C30H32ClN7O3/c1-20(39)32-13-14-33-28-24-19-25(34-29(24)36-27(35-28)22-5-3-2-4-6-22)30(41)38-17-15-37(16-18-38)26(40)12-9-21-7-10-23(31)11-8-21/h2-8,10-11,19H,9,12-18H2,1H3,(H,32,39)(H2,33,34,35,36). The predicted octanol–water partition coefficient (Wildman–Crippen LogP) is 3.74. The fraction of sp³-hybridized carbons (Fsp3) is 0.300. The normalized spacial score (nSPS) is 13.3. The monoisotopic (exact) mass is 573 g/mol. The van der Waals surface area contributed by atoms with E-state index in [1.807, 2.05) is 59.5 Å². The zero-order valence-electron chi connectivity index (χ0n) is 22.8. The van der Waals surface area contributed by atoms with Gasteiger partial charge in [-0.1, -0.05) is 54.1 Å². The molecule has 0 aliphatic carbocycles. The quantitative estimate of drug-likeness (QED) is 0.262. The molecule has 1 aliphatic heterocycles. The molecule has 0 saturated carbocycles. The van der Waals surface area contributed by atoms with Crippen molar-refractivity contribution in [2.24, 2.45) is 0 Å². The maximum atomic E-state index is 13.5. The number of benzene rings is 2. The van der Waals surface area contributed by atoms with Crippen molar-refractivity contribution in [2.75, 3.05) is 44.6 Å². The molecule has 0 spiro atoms. The Labute approximate surface area is 243 Å². The number of hydrogen-bond donors (Lipinski definition) is 3. The molecule has 3 N–H and O–H groups in total. The van der Waals surface area contributed by atoms with Gasteiger partial charge < -0.3 is 25.4 Å². The summed E-state index contributed by atoms with van der Waals surface area (Å²) < 4.78 is 0. The molecule has 1 fully saturated rings. The fourth-order valence-corrected chi connectivity index (χ4v) is 4.91. The van der Waals surface area contributed by atoms with Crippen LogP contribution in [0.1, 0.15) is 29.4 Å². The maximum Gasteiger partial charge on any atom is 0.270 e. The maximum absolute atomic E-state index is 13.5. The number of anilines is 1. The van der Waals surface area contributed by atoms with Crippen molar-refractivity contribution in [1.82, 2.24) is 30.1 Å². The zero-order chi connectivity index (χ0) is 28.8. The minimum atomic E-state index is -0.151. The van der Waals surface area contributed by atoms with Crippen molar-refractivity contribution >= 4 is 46.2 Å². The average Bonchev–Trinajstić information content (AvgIpc) is 3.43. The number of hydrogen-bond acceptors (Lipinski definition) is 6. The molecule has 41 heavy (non-hydrogen) atoms. The predicted molar refractivity (Wildman–Crippen MR) is 159 cm³/mol. The summed E-state index contributed by atoms with van der Waals surface area (Å²) in [5.41, 5.74) is 2.86. The highest BCUT2D eigenvalue weighted by Gasteiger charge is 2.26. The Morgan fingerprint density at radius 1 is 0.927 bits per heavy atom. The van der Waals surface area contributed by atoms with Gasteiger partial charge in [0.2, 0.25) is 11.8 Å². The molecule has 10 nitrogen and oxygen atoms in total. The highest BCUT2D eigenvalue weighted by molar-refractivity contribution is 6.30. The number of aromatic amines is 1. The highest BCUT2D eigenvalue weighted by Crippen LogP contribution is 2.26. The van der Waals surface area contributed by atoms with Crippen LogP contribution in [0.5, 0.6) is 0 Å². The number of halogens is 1. The van der Waals surface area contributed by atoms with Gasteiger partial charge in [-0.2, -0.15) is 0 Å². The molecule has 1 aliphatic rings. The molecule has 3 amide bonds. The Morgan fingerprint density at radius 2 is 1.63 bits per heavy atom. The topological polar surface area (TPSA) is 123 Å². The minimum absolute atomic E-state index is 0.0800. The van der Waals surface area contributed by atoms with Crippen LogP contribution >= 0.6 is 11.6 Å². The molecule has 0 radical (unpaired) electrons. The summed E-state index contributed by atoms with van der Waals surface area (Å²) in [5.74, 6) is 0.915. The van der Waals surface area contributed by atoms with Crippen LogP contribution in [0.3, 0.4) is 0 Å². The van der Waals surface area contributed by atoms with E-state index in [0.717, 1.165) is 11.1 Å². The van der Waals surface area contributed by atoms with E-state index >= 15 is 0 Å². The van der Waals surface area contributed by atoms with Gasteiger partial charge in [-0.05, 0) is 30.2 Å². The molecule has 212 valence electrons. The van der Waals surface area contributed by atoms with Crippen molar-refractivity contribution in [3.05, 3.63) is 76.9 Å². The second-order valence-corrected chi connectivity index (χ2v) is 10.4. The number of nitrogens with zero attached hydrogens (tertiary/aromatic N) is 4. The van der Waals surface area contributed by atoms with Crippen molar-refractivity contribution in [1.29, 1.82) is 0 Å². The summed E-state index contributed by atoms with van der Waals surface area (Å²) in [7, 11) is 0. The van der Waals surface area contributed by atoms with Crippen LogP contribution in [0.25, 0.3) is 22.4 Å². The van der Waals surface area contributed by atoms with E-state index in [4.69, 9.17) is 16.6 Å². The number of carbonyl (C=O) groups excluding carboxylic acids is 3. The number of H-pyrrole nitrogens is 1. The number of nitrogens with one attached hydrogen (secondary N) is 3. The summed E-state index contributed by atoms with van der Waals surface area (Å²) in [4.78, 5) is 53.6. The van der Waals surface area contributed by atoms with E-state index in [9.17, 15) is 14.4 Å². The third-order valence-corrected chi connectivity index (χ3v) is 7.25. The van der Waals surface area contributed by atoms with E-state index in [-0.39, 0.29) is 17.7 Å². The van der Waals surface area contributed by atoms with Gasteiger partial charge >= 0.3 is 0 Å². The van der Waals surface area contributed by atoms with Crippen LogP contribution in [0.15, 0.2) is 60.7 Å². The van der Waals surface area contributed by atoms with Crippen LogP contribution in [0.2, 0.25) is 5.02 Å². The molecule has 2 aromatic carbocycles. The fourth-order valence-electron chi connectivity index (χ4n) is 4.78. The lowest BCUT2D eigenvalue weighted by atomic mass is 10.1. The molecule has 0 unspecified atom stereocenters. The molecule has 5 rings (SSSR count). The van der Waals surface area contributed by atoms with Crippen molar-refractivity contribution in [3.63, 3.8) is 0 Å². The number of aryl methyl sites for hydroxylation is 1. The minimum Gasteiger partial charge on any atom is -0.368 e. The summed E-state index contributed by atoms with van der Waals surface area (Å²) in [5, 5.41) is 7.39. The number of rotatable bonds is 9. The first-order chi connectivity index (χ1) is 19.9. The molecular formula is C30H32ClN7O3. The Balaban J connectivity index is 1.26. The number of fused-ring (bicyclic) bond motifs is 1. The Hall–Kier alpha value is -4.44. The Morgan fingerprint density at radius 3 is 2.34 bits per heavy atom. The van der Waals surface area contributed by atoms with Crippen molar-refractivity contribution < 1.29 is 14.4 Å². The van der Waals surface area contributed by atoms with Gasteiger partial charge in [0.1, 0.15) is 17.2 Å². The van der Waals surface area contributed by atoms with Gasteiger partial charge in [0.25, 0.3) is 5.91 Å². The molecule has 4 aromatic rings. The van der Waals surface area contributed by atoms with E-state index in [1.165, 1.54) is 6.92 Å². The molecule has 3 heterocycles. The summed E-state index contributed by atoms with van der Waals surface area (Å²) in [6.45, 7) is 4.23. The second-order valence-electron chi connectivity index (χ2n) is 9.92. The van der Waals surface area contributed by atoms with E-state index in [1.54, 1.807) is 11.0 Å². The highest BCUT2D eigenvalue weighted by atomic mass is 35.5. The number of carbonyl (C=O) groups is 3.